The molecule has 1 aliphatic heterocycles. The van der Waals surface area contributed by atoms with Crippen LogP contribution < -0.4 is 4.90 Å². The second-order valence-electron chi connectivity index (χ2n) is 5.02. The fourth-order valence-corrected chi connectivity index (χ4v) is 2.55. The number of aromatic nitrogens is 1. The van der Waals surface area contributed by atoms with Gasteiger partial charge >= 0.3 is 0 Å². The van der Waals surface area contributed by atoms with E-state index in [4.69, 9.17) is 5.11 Å². The Morgan fingerprint density at radius 2 is 2.00 bits per heavy atom. The third kappa shape index (κ3) is 2.20. The summed E-state index contributed by atoms with van der Waals surface area (Å²) in [7, 11) is 0. The molecule has 1 aromatic rings. The van der Waals surface area contributed by atoms with Crippen molar-refractivity contribution in [1.29, 1.82) is 0 Å². The van der Waals surface area contributed by atoms with Crippen molar-refractivity contribution in [2.45, 2.75) is 25.5 Å². The van der Waals surface area contributed by atoms with Gasteiger partial charge in [0.1, 0.15) is 0 Å². The average Bonchev–Trinajstić information content (AvgIpc) is 3.24. The number of anilines is 1. The lowest BCUT2D eigenvalue weighted by molar-refractivity contribution is 0.246. The minimum Gasteiger partial charge on any atom is -0.392 e. The summed E-state index contributed by atoms with van der Waals surface area (Å²) in [4.78, 5) is 8.57. The number of halogens is 1. The molecule has 2 fully saturated rings. The van der Waals surface area contributed by atoms with Crippen LogP contribution in [-0.2, 0) is 6.61 Å². The van der Waals surface area contributed by atoms with Crippen molar-refractivity contribution in [3.63, 3.8) is 0 Å². The summed E-state index contributed by atoms with van der Waals surface area (Å²) < 4.78 is 14.0. The van der Waals surface area contributed by atoms with Crippen molar-refractivity contribution < 1.29 is 9.50 Å². The van der Waals surface area contributed by atoms with E-state index in [0.29, 0.717) is 11.4 Å². The molecule has 1 aromatic heterocycles. The Balaban J connectivity index is 1.71. The number of piperazine rings is 1. The van der Waals surface area contributed by atoms with Crippen LogP contribution in [0.4, 0.5) is 10.2 Å². The lowest BCUT2D eigenvalue weighted by Crippen LogP contribution is -2.47. The first-order valence-electron chi connectivity index (χ1n) is 6.53. The highest BCUT2D eigenvalue weighted by molar-refractivity contribution is 5.43. The quantitative estimate of drug-likeness (QED) is 0.870. The van der Waals surface area contributed by atoms with Gasteiger partial charge in [0.05, 0.1) is 6.61 Å². The summed E-state index contributed by atoms with van der Waals surface area (Å²) in [6.45, 7) is 3.32. The Morgan fingerprint density at radius 3 is 2.61 bits per heavy atom. The molecule has 1 saturated heterocycles. The Labute approximate surface area is 106 Å². The predicted octanol–water partition coefficient (Wildman–Crippen LogP) is 0.997. The van der Waals surface area contributed by atoms with Crippen LogP contribution >= 0.6 is 0 Å². The van der Waals surface area contributed by atoms with Crippen LogP contribution in [0.15, 0.2) is 12.3 Å². The van der Waals surface area contributed by atoms with Gasteiger partial charge < -0.3 is 10.0 Å². The Kier molecular flexibility index (Phi) is 3.18. The van der Waals surface area contributed by atoms with E-state index in [-0.39, 0.29) is 12.4 Å². The summed E-state index contributed by atoms with van der Waals surface area (Å²) in [5.74, 6) is 0.0110. The van der Waals surface area contributed by atoms with E-state index < -0.39 is 0 Å². The number of pyridine rings is 1. The minimum atomic E-state index is -0.375. The molecule has 1 saturated carbocycles. The highest BCUT2D eigenvalue weighted by Crippen LogP contribution is 2.28. The van der Waals surface area contributed by atoms with Crippen LogP contribution in [0.1, 0.15) is 18.4 Å². The first kappa shape index (κ1) is 11.9. The van der Waals surface area contributed by atoms with Gasteiger partial charge in [-0.1, -0.05) is 0 Å². The molecule has 5 heteroatoms. The van der Waals surface area contributed by atoms with Crippen molar-refractivity contribution in [1.82, 2.24) is 9.88 Å². The maximum Gasteiger partial charge on any atom is 0.171 e. The Bertz CT molecular complexity index is 428. The predicted molar refractivity (Wildman–Crippen MR) is 66.9 cm³/mol. The number of hydrogen-bond donors (Lipinski definition) is 1. The molecule has 0 bridgehead atoms. The Morgan fingerprint density at radius 1 is 1.28 bits per heavy atom. The fourth-order valence-electron chi connectivity index (χ4n) is 2.55. The van der Waals surface area contributed by atoms with E-state index in [1.165, 1.54) is 18.9 Å². The number of aliphatic hydroxyl groups excluding tert-OH is 1. The number of rotatable bonds is 3. The fraction of sp³-hybridized carbons (Fsp3) is 0.615. The molecule has 0 aromatic carbocycles. The largest absolute Gasteiger partial charge is 0.392 e. The first-order valence-corrected chi connectivity index (χ1v) is 6.53. The van der Waals surface area contributed by atoms with E-state index in [9.17, 15) is 4.39 Å². The van der Waals surface area contributed by atoms with Crippen molar-refractivity contribution in [2.24, 2.45) is 0 Å². The third-order valence-corrected chi connectivity index (χ3v) is 3.80. The molecule has 0 unspecified atom stereocenters. The summed E-state index contributed by atoms with van der Waals surface area (Å²) in [6, 6.07) is 2.30. The number of hydrogen-bond acceptors (Lipinski definition) is 4. The highest BCUT2D eigenvalue weighted by Gasteiger charge is 2.32. The van der Waals surface area contributed by atoms with Gasteiger partial charge in [-0.05, 0) is 18.9 Å². The molecular formula is C13H18FN3O. The second-order valence-corrected chi connectivity index (χ2v) is 5.02. The van der Waals surface area contributed by atoms with Gasteiger partial charge in [0.15, 0.2) is 11.6 Å². The van der Waals surface area contributed by atoms with E-state index in [1.807, 2.05) is 4.90 Å². The number of aliphatic hydroxyl groups is 1. The molecule has 1 aliphatic carbocycles. The molecule has 0 atom stereocenters. The van der Waals surface area contributed by atoms with Crippen molar-refractivity contribution >= 4 is 5.82 Å². The van der Waals surface area contributed by atoms with Crippen LogP contribution in [0.25, 0.3) is 0 Å². The number of nitrogens with zero attached hydrogens (tertiary/aromatic N) is 3. The molecular weight excluding hydrogens is 233 g/mol. The topological polar surface area (TPSA) is 39.6 Å². The van der Waals surface area contributed by atoms with E-state index >= 15 is 0 Å². The zero-order chi connectivity index (χ0) is 12.5. The summed E-state index contributed by atoms with van der Waals surface area (Å²) in [6.07, 6.45) is 4.19. The maximum atomic E-state index is 14.0. The summed E-state index contributed by atoms with van der Waals surface area (Å²) >= 11 is 0. The van der Waals surface area contributed by atoms with Gasteiger partial charge in [0.2, 0.25) is 0 Å². The molecule has 3 rings (SSSR count). The first-order chi connectivity index (χ1) is 8.79. The van der Waals surface area contributed by atoms with Gasteiger partial charge in [-0.2, -0.15) is 0 Å². The van der Waals surface area contributed by atoms with Gasteiger partial charge in [-0.15, -0.1) is 0 Å². The normalized spacial score (nSPS) is 21.3. The Hall–Kier alpha value is -1.20. The zero-order valence-corrected chi connectivity index (χ0v) is 10.3. The van der Waals surface area contributed by atoms with E-state index in [2.05, 4.69) is 9.88 Å². The van der Waals surface area contributed by atoms with Crippen LogP contribution in [-0.4, -0.2) is 47.2 Å². The van der Waals surface area contributed by atoms with E-state index in [0.717, 1.165) is 32.2 Å². The van der Waals surface area contributed by atoms with Gasteiger partial charge in [-0.25, -0.2) is 9.37 Å². The average molecular weight is 251 g/mol. The molecule has 0 spiro atoms. The van der Waals surface area contributed by atoms with Gasteiger partial charge in [-0.3, -0.25) is 4.90 Å². The lowest BCUT2D eigenvalue weighted by Gasteiger charge is -2.35. The zero-order valence-electron chi connectivity index (χ0n) is 10.3. The van der Waals surface area contributed by atoms with Crippen molar-refractivity contribution in [2.75, 3.05) is 31.1 Å². The molecule has 0 radical (unpaired) electrons. The molecule has 4 nitrogen and oxygen atoms in total. The second kappa shape index (κ2) is 4.82. The maximum absolute atomic E-state index is 14.0. The van der Waals surface area contributed by atoms with Crippen LogP contribution in [0.3, 0.4) is 0 Å². The van der Waals surface area contributed by atoms with Crippen LogP contribution in [0, 0.1) is 5.82 Å². The smallest absolute Gasteiger partial charge is 0.171 e. The standard InChI is InChI=1S/C13H18FN3O/c14-12-10(9-18)3-4-15-13(12)17-7-5-16(6-8-17)11-1-2-11/h3-4,11,18H,1-2,5-9H2. The molecule has 18 heavy (non-hydrogen) atoms. The lowest BCUT2D eigenvalue weighted by atomic mass is 10.2. The van der Waals surface area contributed by atoms with Crippen molar-refractivity contribution in [3.8, 4) is 0 Å². The van der Waals surface area contributed by atoms with Crippen LogP contribution in [0.5, 0.6) is 0 Å². The minimum absolute atomic E-state index is 0.274. The van der Waals surface area contributed by atoms with E-state index in [1.54, 1.807) is 6.20 Å². The summed E-state index contributed by atoms with van der Waals surface area (Å²) in [5.41, 5.74) is 0.324. The van der Waals surface area contributed by atoms with Crippen molar-refractivity contribution in [3.05, 3.63) is 23.6 Å². The molecule has 1 N–H and O–H groups in total. The van der Waals surface area contributed by atoms with Gasteiger partial charge in [0.25, 0.3) is 0 Å². The molecule has 2 heterocycles. The third-order valence-electron chi connectivity index (χ3n) is 3.80. The van der Waals surface area contributed by atoms with Gasteiger partial charge in [0, 0.05) is 44.0 Å². The molecule has 2 aliphatic rings. The molecule has 98 valence electrons. The monoisotopic (exact) mass is 251 g/mol. The summed E-state index contributed by atoms with van der Waals surface area (Å²) in [5, 5.41) is 9.07. The SMILES string of the molecule is OCc1ccnc(N2CCN(C3CC3)CC2)c1F. The highest BCUT2D eigenvalue weighted by atomic mass is 19.1. The van der Waals surface area contributed by atoms with Crippen LogP contribution in [0.2, 0.25) is 0 Å². The molecule has 0 amide bonds.